The fourth-order valence-corrected chi connectivity index (χ4v) is 4.85. The molecule has 0 spiro atoms. The maximum atomic E-state index is 13.9. The highest BCUT2D eigenvalue weighted by Crippen LogP contribution is 2.48. The number of benzene rings is 2. The van der Waals surface area contributed by atoms with E-state index in [0.29, 0.717) is 5.56 Å². The smallest absolute Gasteiger partial charge is 0.429 e. The average molecular weight is 582 g/mol. The van der Waals surface area contributed by atoms with Crippen molar-refractivity contribution in [3.8, 4) is 5.75 Å². The van der Waals surface area contributed by atoms with Crippen molar-refractivity contribution in [3.05, 3.63) is 106 Å². The third-order valence-corrected chi connectivity index (χ3v) is 7.12. The molecule has 2 aliphatic rings. The molecule has 0 radical (unpaired) electrons. The third kappa shape index (κ3) is 5.83. The van der Waals surface area contributed by atoms with Crippen LogP contribution in [0.25, 0.3) is 0 Å². The van der Waals surface area contributed by atoms with Crippen LogP contribution >= 0.6 is 0 Å². The van der Waals surface area contributed by atoms with Crippen molar-refractivity contribution >= 4 is 5.91 Å². The minimum Gasteiger partial charge on any atom is -0.488 e. The largest absolute Gasteiger partial charge is 0.488 e. The van der Waals surface area contributed by atoms with Gasteiger partial charge in [-0.1, -0.05) is 54.3 Å². The molecule has 1 N–H and O–H groups in total. The van der Waals surface area contributed by atoms with Gasteiger partial charge < -0.3 is 14.7 Å². The first kappa shape index (κ1) is 30.1. The first-order valence-electron chi connectivity index (χ1n) is 12.7. The van der Waals surface area contributed by atoms with Crippen molar-refractivity contribution in [1.82, 2.24) is 4.90 Å². The number of rotatable bonds is 5. The molecule has 2 aromatic rings. The van der Waals surface area contributed by atoms with Gasteiger partial charge >= 0.3 is 12.4 Å². The molecule has 1 fully saturated rings. The summed E-state index contributed by atoms with van der Waals surface area (Å²) in [6.07, 6.45) is -8.72. The molecule has 1 heterocycles. The van der Waals surface area contributed by atoms with E-state index < -0.39 is 58.6 Å². The van der Waals surface area contributed by atoms with Gasteiger partial charge in [-0.2, -0.15) is 30.7 Å². The van der Waals surface area contributed by atoms with Gasteiger partial charge in [-0.3, -0.25) is 4.79 Å². The number of nitrogens with zero attached hydrogens (tertiary/aromatic N) is 1. The highest BCUT2D eigenvalue weighted by molar-refractivity contribution is 5.85. The van der Waals surface area contributed by atoms with E-state index in [1.54, 1.807) is 37.3 Å². The monoisotopic (exact) mass is 581 g/mol. The second-order valence-corrected chi connectivity index (χ2v) is 9.76. The molecule has 1 aliphatic carbocycles. The summed E-state index contributed by atoms with van der Waals surface area (Å²) in [6, 6.07) is 13.2. The average Bonchev–Trinajstić information content (AvgIpc) is 3.10. The number of halogens is 7. The number of ether oxygens (including phenoxy) is 1. The molecule has 0 aromatic heterocycles. The molecule has 1 amide bonds. The Morgan fingerprint density at radius 1 is 1.10 bits per heavy atom. The Bertz CT molecular complexity index is 1440. The van der Waals surface area contributed by atoms with Gasteiger partial charge in [0.15, 0.2) is 5.83 Å². The number of hydrogen-bond acceptors (Lipinski definition) is 3. The van der Waals surface area contributed by atoms with E-state index in [4.69, 9.17) is 4.74 Å². The highest BCUT2D eigenvalue weighted by atomic mass is 19.4. The second kappa shape index (κ2) is 11.2. The molecule has 1 aliphatic heterocycles. The highest BCUT2D eigenvalue weighted by Gasteiger charge is 2.63. The Kier molecular flexibility index (Phi) is 8.25. The van der Waals surface area contributed by atoms with Crippen molar-refractivity contribution in [2.45, 2.75) is 56.7 Å². The van der Waals surface area contributed by atoms with Gasteiger partial charge in [-0.05, 0) is 56.0 Å². The Balaban J connectivity index is 1.76. The number of aliphatic hydroxyl groups is 1. The zero-order valence-corrected chi connectivity index (χ0v) is 22.0. The van der Waals surface area contributed by atoms with Gasteiger partial charge in [0.05, 0.1) is 18.0 Å². The first-order valence-corrected chi connectivity index (χ1v) is 12.7. The molecule has 2 aromatic carbocycles. The van der Waals surface area contributed by atoms with Crippen LogP contribution in [-0.4, -0.2) is 40.3 Å². The van der Waals surface area contributed by atoms with Crippen molar-refractivity contribution in [1.29, 1.82) is 0 Å². The standard InChI is InChI=1S/C30H26F7NO3/c1-3-24-20(15-21-16-26(31)28(21,40)30(35,36)37)13-14-22(41-25-12-8-7-11-23(25)29(32,33)34)17-38(24)27(39)18(2)19-9-5-4-6-10-19/h3-12,15,18,22,40H,13-14,17H2,1-2H3/b20-15-,24-3+/t18-,22-,28?/m0/s1. The fraction of sp³-hybridized carbons (Fsp3) is 0.333. The second-order valence-electron chi connectivity index (χ2n) is 9.76. The molecule has 1 unspecified atom stereocenters. The number of likely N-dealkylation sites (tertiary alicyclic amines) is 1. The Labute approximate surface area is 231 Å². The van der Waals surface area contributed by atoms with Gasteiger partial charge in [0.2, 0.25) is 5.91 Å². The summed E-state index contributed by atoms with van der Waals surface area (Å²) in [5, 5.41) is 10.1. The lowest BCUT2D eigenvalue weighted by molar-refractivity contribution is -0.237. The number of amides is 1. The van der Waals surface area contributed by atoms with Crippen LogP contribution in [0.1, 0.15) is 43.7 Å². The SMILES string of the molecule is C/C=C1\C(=C/C2=C=C(F)C2(O)C(F)(F)F)CC[C@H](Oc2ccccc2C(F)(F)F)CN1C(=O)[C@@H](C)c1ccccc1. The van der Waals surface area contributed by atoms with Gasteiger partial charge in [0.1, 0.15) is 11.9 Å². The van der Waals surface area contributed by atoms with Gasteiger partial charge in [0, 0.05) is 11.3 Å². The first-order chi connectivity index (χ1) is 19.2. The maximum absolute atomic E-state index is 13.9. The predicted molar refractivity (Wildman–Crippen MR) is 136 cm³/mol. The summed E-state index contributed by atoms with van der Waals surface area (Å²) in [6.45, 7) is 2.95. The summed E-state index contributed by atoms with van der Waals surface area (Å²) >= 11 is 0. The van der Waals surface area contributed by atoms with Crippen molar-refractivity contribution in [2.75, 3.05) is 6.54 Å². The predicted octanol–water partition coefficient (Wildman–Crippen LogP) is 7.39. The van der Waals surface area contributed by atoms with Gasteiger partial charge in [-0.15, -0.1) is 0 Å². The molecule has 1 saturated heterocycles. The van der Waals surface area contributed by atoms with Crippen LogP contribution in [0.3, 0.4) is 0 Å². The van der Waals surface area contributed by atoms with Crippen molar-refractivity contribution in [2.24, 2.45) is 0 Å². The molecular weight excluding hydrogens is 555 g/mol. The molecular formula is C30H26F7NO3. The van der Waals surface area contributed by atoms with Crippen LogP contribution in [-0.2, 0) is 11.0 Å². The zero-order valence-electron chi connectivity index (χ0n) is 22.0. The van der Waals surface area contributed by atoms with E-state index in [1.807, 2.05) is 5.73 Å². The molecule has 0 saturated carbocycles. The van der Waals surface area contributed by atoms with Gasteiger partial charge in [0.25, 0.3) is 5.60 Å². The van der Waals surface area contributed by atoms with Crippen LogP contribution in [0, 0.1) is 0 Å². The molecule has 4 rings (SSSR count). The quantitative estimate of drug-likeness (QED) is 0.296. The number of alkyl halides is 6. The van der Waals surface area contributed by atoms with Crippen LogP contribution in [0.5, 0.6) is 5.75 Å². The Morgan fingerprint density at radius 2 is 1.73 bits per heavy atom. The number of hydrogen-bond donors (Lipinski definition) is 1. The third-order valence-electron chi connectivity index (χ3n) is 7.12. The Morgan fingerprint density at radius 3 is 2.32 bits per heavy atom. The van der Waals surface area contributed by atoms with Crippen LogP contribution in [0.2, 0.25) is 0 Å². The maximum Gasteiger partial charge on any atom is 0.429 e. The van der Waals surface area contributed by atoms with Crippen molar-refractivity contribution < 1.29 is 45.4 Å². The number of carbonyl (C=O) groups excluding carboxylic acids is 1. The zero-order chi connectivity index (χ0) is 30.2. The fourth-order valence-electron chi connectivity index (χ4n) is 4.85. The summed E-state index contributed by atoms with van der Waals surface area (Å²) < 4.78 is 101. The van der Waals surface area contributed by atoms with Crippen LogP contribution < -0.4 is 4.74 Å². The summed E-state index contributed by atoms with van der Waals surface area (Å²) in [5.41, 5.74) is -2.95. The lowest BCUT2D eigenvalue weighted by atomic mass is 9.82. The number of carbonyl (C=O) groups is 1. The van der Waals surface area contributed by atoms with Crippen LogP contribution in [0.4, 0.5) is 30.7 Å². The summed E-state index contributed by atoms with van der Waals surface area (Å²) in [7, 11) is 0. The Hall–Kier alpha value is -3.82. The molecule has 218 valence electrons. The number of allylic oxidation sites excluding steroid dienone is 2. The minimum atomic E-state index is -5.36. The summed E-state index contributed by atoms with van der Waals surface area (Å²) in [5.74, 6) is -3.56. The van der Waals surface area contributed by atoms with Crippen LogP contribution in [0.15, 0.2) is 95.2 Å². The van der Waals surface area contributed by atoms with E-state index in [-0.39, 0.29) is 30.7 Å². The van der Waals surface area contributed by atoms with E-state index in [1.165, 1.54) is 30.0 Å². The molecule has 41 heavy (non-hydrogen) atoms. The van der Waals surface area contributed by atoms with E-state index in [2.05, 4.69) is 0 Å². The molecule has 11 heteroatoms. The topological polar surface area (TPSA) is 49.8 Å². The van der Waals surface area contributed by atoms with Gasteiger partial charge in [-0.25, -0.2) is 0 Å². The molecule has 4 nitrogen and oxygen atoms in total. The minimum absolute atomic E-state index is 0.00276. The number of para-hydroxylation sites is 1. The van der Waals surface area contributed by atoms with E-state index >= 15 is 0 Å². The van der Waals surface area contributed by atoms with E-state index in [9.17, 15) is 40.6 Å². The van der Waals surface area contributed by atoms with E-state index in [0.717, 1.165) is 18.2 Å². The van der Waals surface area contributed by atoms with Crippen molar-refractivity contribution in [3.63, 3.8) is 0 Å². The lowest BCUT2D eigenvalue weighted by Gasteiger charge is -2.34. The molecule has 3 atom stereocenters. The summed E-state index contributed by atoms with van der Waals surface area (Å²) in [4.78, 5) is 15.1. The normalized spacial score (nSPS) is 24.3. The lowest BCUT2D eigenvalue weighted by Crippen LogP contribution is -2.50. The molecule has 0 bridgehead atoms.